The van der Waals surface area contributed by atoms with E-state index >= 15 is 0 Å². The Hall–Kier alpha value is -4.22. The van der Waals surface area contributed by atoms with E-state index in [1.807, 2.05) is 0 Å². The number of carbonyl (C=O) groups is 2. The first-order chi connectivity index (χ1) is 15.2. The molecule has 6 N–H and O–H groups in total. The van der Waals surface area contributed by atoms with Crippen molar-refractivity contribution in [3.63, 3.8) is 0 Å². The standard InChI is InChI=1S/C20H24N6O6/c21-15-7-5-13(11-17(15)25(29)30)19(27)23-9-3-1-2-4-10-24-20(28)14-6-8-16(22)18(12-14)26(31)32/h5-8,11-12H,1-4,9-10,21-22H2,(H,23,27)(H,24,28). The first-order valence-corrected chi connectivity index (χ1v) is 9.85. The van der Waals surface area contributed by atoms with Crippen LogP contribution in [0.2, 0.25) is 0 Å². The summed E-state index contributed by atoms with van der Waals surface area (Å²) in [4.78, 5) is 44.7. The average Bonchev–Trinajstić information content (AvgIpc) is 2.75. The van der Waals surface area contributed by atoms with Gasteiger partial charge in [0, 0.05) is 36.3 Å². The van der Waals surface area contributed by atoms with E-state index in [-0.39, 0.29) is 33.9 Å². The minimum atomic E-state index is -0.640. The molecule has 0 aliphatic heterocycles. The lowest BCUT2D eigenvalue weighted by Crippen LogP contribution is -2.25. The quantitative estimate of drug-likeness (QED) is 0.175. The lowest BCUT2D eigenvalue weighted by atomic mass is 10.1. The predicted octanol–water partition coefficient (Wildman–Crippen LogP) is 2.39. The molecular formula is C20H24N6O6. The van der Waals surface area contributed by atoms with Crippen molar-refractivity contribution in [2.24, 2.45) is 0 Å². The zero-order chi connectivity index (χ0) is 23.7. The minimum Gasteiger partial charge on any atom is -0.393 e. The fraction of sp³-hybridized carbons (Fsp3) is 0.300. The van der Waals surface area contributed by atoms with Crippen LogP contribution in [0.15, 0.2) is 36.4 Å². The van der Waals surface area contributed by atoms with Gasteiger partial charge in [0.2, 0.25) is 0 Å². The van der Waals surface area contributed by atoms with Crippen molar-refractivity contribution in [1.82, 2.24) is 10.6 Å². The Morgan fingerprint density at radius 2 is 1.09 bits per heavy atom. The zero-order valence-corrected chi connectivity index (χ0v) is 17.2. The van der Waals surface area contributed by atoms with Gasteiger partial charge in [-0.05, 0) is 37.1 Å². The first-order valence-electron chi connectivity index (χ1n) is 9.85. The van der Waals surface area contributed by atoms with Crippen LogP contribution in [0.25, 0.3) is 0 Å². The lowest BCUT2D eigenvalue weighted by molar-refractivity contribution is -0.384. The average molecular weight is 444 g/mol. The third-order valence-corrected chi connectivity index (χ3v) is 4.65. The van der Waals surface area contributed by atoms with Crippen molar-refractivity contribution in [2.75, 3.05) is 24.6 Å². The number of hydrogen-bond donors (Lipinski definition) is 4. The third-order valence-electron chi connectivity index (χ3n) is 4.65. The Bertz CT molecular complexity index is 944. The molecule has 2 rings (SSSR count). The van der Waals surface area contributed by atoms with Crippen LogP contribution >= 0.6 is 0 Å². The fourth-order valence-corrected chi connectivity index (χ4v) is 2.90. The van der Waals surface area contributed by atoms with Gasteiger partial charge in [0.25, 0.3) is 23.2 Å². The van der Waals surface area contributed by atoms with E-state index in [2.05, 4.69) is 10.6 Å². The molecule has 0 heterocycles. The van der Waals surface area contributed by atoms with Gasteiger partial charge in [-0.15, -0.1) is 0 Å². The van der Waals surface area contributed by atoms with Crippen LogP contribution in [0.3, 0.4) is 0 Å². The number of nitro groups is 2. The topological polar surface area (TPSA) is 197 Å². The molecule has 0 aliphatic rings. The molecule has 2 amide bonds. The van der Waals surface area contributed by atoms with Gasteiger partial charge < -0.3 is 22.1 Å². The van der Waals surface area contributed by atoms with Crippen molar-refractivity contribution in [1.29, 1.82) is 0 Å². The van der Waals surface area contributed by atoms with E-state index in [4.69, 9.17) is 11.5 Å². The highest BCUT2D eigenvalue weighted by Gasteiger charge is 2.16. The Kier molecular flexibility index (Phi) is 8.45. The van der Waals surface area contributed by atoms with Gasteiger partial charge in [0.15, 0.2) is 0 Å². The molecule has 12 nitrogen and oxygen atoms in total. The van der Waals surface area contributed by atoms with Crippen LogP contribution in [0.4, 0.5) is 22.7 Å². The van der Waals surface area contributed by atoms with E-state index in [9.17, 15) is 29.8 Å². The lowest BCUT2D eigenvalue weighted by Gasteiger charge is -2.07. The summed E-state index contributed by atoms with van der Waals surface area (Å²) in [7, 11) is 0. The molecule has 0 saturated heterocycles. The molecule has 0 radical (unpaired) electrons. The maximum Gasteiger partial charge on any atom is 0.292 e. The molecule has 12 heteroatoms. The van der Waals surface area contributed by atoms with Crippen molar-refractivity contribution in [3.05, 3.63) is 67.8 Å². The number of unbranched alkanes of at least 4 members (excludes halogenated alkanes) is 3. The van der Waals surface area contributed by atoms with Crippen molar-refractivity contribution >= 4 is 34.6 Å². The summed E-state index contributed by atoms with van der Waals surface area (Å²) in [5.41, 5.74) is 10.7. The van der Waals surface area contributed by atoms with Gasteiger partial charge in [-0.2, -0.15) is 0 Å². The molecule has 170 valence electrons. The van der Waals surface area contributed by atoms with Gasteiger partial charge in [0.1, 0.15) is 11.4 Å². The molecule has 2 aromatic rings. The van der Waals surface area contributed by atoms with E-state index in [1.165, 1.54) is 24.3 Å². The molecule has 0 bridgehead atoms. The van der Waals surface area contributed by atoms with Crippen molar-refractivity contribution in [2.45, 2.75) is 25.7 Å². The maximum absolute atomic E-state index is 12.1. The Labute approximate surface area is 183 Å². The highest BCUT2D eigenvalue weighted by atomic mass is 16.6. The molecule has 0 aliphatic carbocycles. The second-order valence-corrected chi connectivity index (χ2v) is 6.99. The number of carbonyl (C=O) groups excluding carboxylic acids is 2. The molecule has 0 saturated carbocycles. The number of nitrogens with one attached hydrogen (secondary N) is 2. The second kappa shape index (κ2) is 11.2. The molecule has 0 fully saturated rings. The van der Waals surface area contributed by atoms with E-state index < -0.39 is 21.7 Å². The SMILES string of the molecule is Nc1ccc(C(=O)NCCCCCCNC(=O)c2ccc(N)c([N+](=O)[O-])c2)cc1[N+](=O)[O-]. The molecule has 0 spiro atoms. The first kappa shape index (κ1) is 24.1. The summed E-state index contributed by atoms with van der Waals surface area (Å²) in [6.45, 7) is 0.803. The number of anilines is 2. The van der Waals surface area contributed by atoms with Crippen molar-refractivity contribution in [3.8, 4) is 0 Å². The summed E-state index contributed by atoms with van der Waals surface area (Å²) in [6, 6.07) is 7.78. The monoisotopic (exact) mass is 444 g/mol. The van der Waals surface area contributed by atoms with Gasteiger partial charge in [-0.3, -0.25) is 29.8 Å². The molecular weight excluding hydrogens is 420 g/mol. The van der Waals surface area contributed by atoms with Gasteiger partial charge in [-0.1, -0.05) is 12.8 Å². The Morgan fingerprint density at radius 1 is 0.719 bits per heavy atom. The molecule has 0 atom stereocenters. The van der Waals surface area contributed by atoms with E-state index in [1.54, 1.807) is 0 Å². The van der Waals surface area contributed by atoms with Crippen LogP contribution in [0, 0.1) is 20.2 Å². The molecule has 0 unspecified atom stereocenters. The van der Waals surface area contributed by atoms with Crippen LogP contribution in [0.5, 0.6) is 0 Å². The van der Waals surface area contributed by atoms with Gasteiger partial charge in [-0.25, -0.2) is 0 Å². The number of benzene rings is 2. The van der Waals surface area contributed by atoms with E-state index in [0.717, 1.165) is 25.0 Å². The summed E-state index contributed by atoms with van der Waals surface area (Å²) in [6.07, 6.45) is 2.98. The van der Waals surface area contributed by atoms with Crippen LogP contribution in [-0.2, 0) is 0 Å². The second-order valence-electron chi connectivity index (χ2n) is 6.99. The minimum absolute atomic E-state index is 0.00624. The van der Waals surface area contributed by atoms with E-state index in [0.29, 0.717) is 25.9 Å². The number of hydrogen-bond acceptors (Lipinski definition) is 8. The predicted molar refractivity (Wildman–Crippen MR) is 118 cm³/mol. The summed E-state index contributed by atoms with van der Waals surface area (Å²) >= 11 is 0. The Morgan fingerprint density at radius 3 is 1.44 bits per heavy atom. The summed E-state index contributed by atoms with van der Waals surface area (Å²) in [5, 5.41) is 27.2. The summed E-state index contributed by atoms with van der Waals surface area (Å²) < 4.78 is 0. The number of amides is 2. The number of nitrogens with zero attached hydrogens (tertiary/aromatic N) is 2. The maximum atomic E-state index is 12.1. The van der Waals surface area contributed by atoms with Crippen LogP contribution < -0.4 is 22.1 Å². The largest absolute Gasteiger partial charge is 0.393 e. The van der Waals surface area contributed by atoms with Crippen LogP contribution in [0.1, 0.15) is 46.4 Å². The highest BCUT2D eigenvalue weighted by Crippen LogP contribution is 2.23. The summed E-state index contributed by atoms with van der Waals surface area (Å²) in [5.74, 6) is -0.837. The Balaban J connectivity index is 1.65. The third kappa shape index (κ3) is 6.65. The molecule has 2 aromatic carbocycles. The normalized spacial score (nSPS) is 10.4. The number of rotatable bonds is 11. The van der Waals surface area contributed by atoms with Gasteiger partial charge >= 0.3 is 0 Å². The van der Waals surface area contributed by atoms with Crippen molar-refractivity contribution < 1.29 is 19.4 Å². The smallest absolute Gasteiger partial charge is 0.292 e. The number of nitrogen functional groups attached to an aromatic ring is 2. The zero-order valence-electron chi connectivity index (χ0n) is 17.2. The molecule has 32 heavy (non-hydrogen) atoms. The molecule has 0 aromatic heterocycles. The fourth-order valence-electron chi connectivity index (χ4n) is 2.90. The number of nitro benzene ring substituents is 2. The highest BCUT2D eigenvalue weighted by molar-refractivity contribution is 5.96. The van der Waals surface area contributed by atoms with Crippen LogP contribution in [-0.4, -0.2) is 34.8 Å². The van der Waals surface area contributed by atoms with Gasteiger partial charge in [0.05, 0.1) is 9.85 Å². The number of nitrogens with two attached hydrogens (primary N) is 2.